The molecule has 1 aromatic heterocycles. The zero-order chi connectivity index (χ0) is 17.3. The monoisotopic (exact) mass is 367 g/mol. The van der Waals surface area contributed by atoms with Crippen LogP contribution >= 0.6 is 23.2 Å². The predicted octanol–water partition coefficient (Wildman–Crippen LogP) is 3.30. The molecule has 1 atom stereocenters. The maximum Gasteiger partial charge on any atom is 0.249 e. The molecule has 1 aliphatic rings. The normalized spacial score (nSPS) is 17.0. The van der Waals surface area contributed by atoms with Gasteiger partial charge in [0, 0.05) is 48.7 Å². The molecule has 1 aromatic carbocycles. The lowest BCUT2D eigenvalue weighted by Gasteiger charge is -2.36. The summed E-state index contributed by atoms with van der Waals surface area (Å²) in [5.74, 6) is 0.306. The summed E-state index contributed by atoms with van der Waals surface area (Å²) in [5.41, 5.74) is 7.80. The number of anilines is 1. The highest BCUT2D eigenvalue weighted by molar-refractivity contribution is 6.42. The third-order valence-corrected chi connectivity index (χ3v) is 5.32. The first-order valence-electron chi connectivity index (χ1n) is 7.83. The Balaban J connectivity index is 1.70. The fraction of sp³-hybridized carbons (Fsp3) is 0.353. The molecule has 0 bridgehead atoms. The Kier molecular flexibility index (Phi) is 5.04. The van der Waals surface area contributed by atoms with Crippen molar-refractivity contribution < 1.29 is 5.11 Å². The van der Waals surface area contributed by atoms with Crippen LogP contribution in [0.5, 0.6) is 5.75 Å². The van der Waals surface area contributed by atoms with Crippen LogP contribution in [0, 0.1) is 5.92 Å². The quantitative estimate of drug-likeness (QED) is 0.776. The number of piperidine rings is 1. The number of rotatable bonds is 3. The number of phenols is 1. The summed E-state index contributed by atoms with van der Waals surface area (Å²) in [5, 5.41) is 10.8. The lowest BCUT2D eigenvalue weighted by Crippen LogP contribution is -2.37. The van der Waals surface area contributed by atoms with Crippen LogP contribution in [0.3, 0.4) is 0 Å². The molecule has 128 valence electrons. The van der Waals surface area contributed by atoms with Crippen LogP contribution < -0.4 is 16.2 Å². The van der Waals surface area contributed by atoms with E-state index < -0.39 is 0 Å². The van der Waals surface area contributed by atoms with Crippen molar-refractivity contribution in [1.82, 2.24) is 4.98 Å². The SMILES string of the molecule is NC(c1cc(Cl)c(Cl)cc1O)C1CCN(c2cc[nH]c(=O)c2)CC1. The van der Waals surface area contributed by atoms with Crippen LogP contribution in [0.4, 0.5) is 5.69 Å². The number of hydrogen-bond acceptors (Lipinski definition) is 4. The topological polar surface area (TPSA) is 82.3 Å². The van der Waals surface area contributed by atoms with Crippen LogP contribution in [0.15, 0.2) is 35.3 Å². The molecule has 2 aromatic rings. The summed E-state index contributed by atoms with van der Waals surface area (Å²) in [7, 11) is 0. The van der Waals surface area contributed by atoms with Crippen LogP contribution in [-0.2, 0) is 0 Å². The molecule has 0 aliphatic carbocycles. The molecule has 1 aliphatic heterocycles. The van der Waals surface area contributed by atoms with Gasteiger partial charge in [-0.2, -0.15) is 0 Å². The number of hydrogen-bond donors (Lipinski definition) is 3. The predicted molar refractivity (Wildman–Crippen MR) is 97.1 cm³/mol. The van der Waals surface area contributed by atoms with Gasteiger partial charge in [0.05, 0.1) is 10.0 Å². The highest BCUT2D eigenvalue weighted by atomic mass is 35.5. The molecule has 4 N–H and O–H groups in total. The van der Waals surface area contributed by atoms with Crippen LogP contribution in [0.25, 0.3) is 0 Å². The molecule has 2 heterocycles. The summed E-state index contributed by atoms with van der Waals surface area (Å²) >= 11 is 12.0. The summed E-state index contributed by atoms with van der Waals surface area (Å²) < 4.78 is 0. The van der Waals surface area contributed by atoms with E-state index in [0.717, 1.165) is 31.6 Å². The minimum absolute atomic E-state index is 0.0777. The van der Waals surface area contributed by atoms with Gasteiger partial charge in [-0.25, -0.2) is 0 Å². The molecule has 24 heavy (non-hydrogen) atoms. The first kappa shape index (κ1) is 17.1. The number of phenolic OH excluding ortho intramolecular Hbond substituents is 1. The van der Waals surface area contributed by atoms with Crippen molar-refractivity contribution in [3.63, 3.8) is 0 Å². The van der Waals surface area contributed by atoms with E-state index in [1.807, 2.05) is 6.07 Å². The van der Waals surface area contributed by atoms with E-state index in [2.05, 4.69) is 9.88 Å². The summed E-state index contributed by atoms with van der Waals surface area (Å²) in [6.07, 6.45) is 3.39. The standard InChI is InChI=1S/C17H19Cl2N3O2/c18-13-8-12(15(23)9-14(13)19)17(20)10-2-5-22(6-3-10)11-1-4-21-16(24)7-11/h1,4,7-10,17,23H,2-3,5-6,20H2,(H,21,24). The van der Waals surface area contributed by atoms with Crippen LogP contribution in [0.2, 0.25) is 10.0 Å². The van der Waals surface area contributed by atoms with Crippen molar-refractivity contribution in [2.45, 2.75) is 18.9 Å². The lowest BCUT2D eigenvalue weighted by atomic mass is 9.85. The second-order valence-corrected chi connectivity index (χ2v) is 6.90. The zero-order valence-electron chi connectivity index (χ0n) is 13.0. The lowest BCUT2D eigenvalue weighted by molar-refractivity contribution is 0.337. The van der Waals surface area contributed by atoms with Gasteiger partial charge in [0.25, 0.3) is 0 Å². The molecular weight excluding hydrogens is 349 g/mol. The number of benzene rings is 1. The van der Waals surface area contributed by atoms with Gasteiger partial charge in [-0.3, -0.25) is 4.79 Å². The third-order valence-electron chi connectivity index (χ3n) is 4.60. The number of aromatic nitrogens is 1. The number of pyridine rings is 1. The largest absolute Gasteiger partial charge is 0.508 e. The van der Waals surface area contributed by atoms with Crippen molar-refractivity contribution in [2.75, 3.05) is 18.0 Å². The molecule has 7 heteroatoms. The Morgan fingerprint density at radius 3 is 2.54 bits per heavy atom. The maximum absolute atomic E-state index is 11.4. The van der Waals surface area contributed by atoms with Crippen molar-refractivity contribution >= 4 is 28.9 Å². The van der Waals surface area contributed by atoms with Gasteiger partial charge in [0.15, 0.2) is 0 Å². The van der Waals surface area contributed by atoms with Crippen molar-refractivity contribution in [3.05, 3.63) is 56.4 Å². The van der Waals surface area contributed by atoms with E-state index in [1.165, 1.54) is 6.07 Å². The molecule has 3 rings (SSSR count). The summed E-state index contributed by atoms with van der Waals surface area (Å²) in [6.45, 7) is 1.62. The number of nitrogens with two attached hydrogens (primary N) is 1. The van der Waals surface area contributed by atoms with Crippen molar-refractivity contribution in [2.24, 2.45) is 11.7 Å². The van der Waals surface area contributed by atoms with Gasteiger partial charge in [-0.05, 0) is 30.9 Å². The van der Waals surface area contributed by atoms with Gasteiger partial charge in [0.1, 0.15) is 5.75 Å². The zero-order valence-corrected chi connectivity index (χ0v) is 14.5. The Morgan fingerprint density at radius 1 is 1.21 bits per heavy atom. The van der Waals surface area contributed by atoms with E-state index >= 15 is 0 Å². The van der Waals surface area contributed by atoms with Crippen LogP contribution in [-0.4, -0.2) is 23.2 Å². The molecule has 1 unspecified atom stereocenters. The first-order chi connectivity index (χ1) is 11.5. The molecule has 0 radical (unpaired) electrons. The van der Waals surface area contributed by atoms with E-state index in [4.69, 9.17) is 28.9 Å². The minimum Gasteiger partial charge on any atom is -0.508 e. The Morgan fingerprint density at radius 2 is 1.88 bits per heavy atom. The van der Waals surface area contributed by atoms with Gasteiger partial charge in [-0.1, -0.05) is 23.2 Å². The van der Waals surface area contributed by atoms with E-state index in [-0.39, 0.29) is 23.3 Å². The van der Waals surface area contributed by atoms with E-state index in [9.17, 15) is 9.90 Å². The van der Waals surface area contributed by atoms with Crippen molar-refractivity contribution in [3.8, 4) is 5.75 Å². The molecule has 0 spiro atoms. The Labute approximate surface area is 150 Å². The fourth-order valence-corrected chi connectivity index (χ4v) is 3.55. The third kappa shape index (κ3) is 3.53. The number of nitrogens with one attached hydrogen (secondary N) is 1. The van der Waals surface area contributed by atoms with Gasteiger partial charge in [0.2, 0.25) is 5.56 Å². The Bertz CT molecular complexity index is 786. The van der Waals surface area contributed by atoms with Crippen molar-refractivity contribution in [1.29, 1.82) is 0 Å². The molecular formula is C17H19Cl2N3O2. The smallest absolute Gasteiger partial charge is 0.249 e. The summed E-state index contributed by atoms with van der Waals surface area (Å²) in [4.78, 5) is 16.2. The highest BCUT2D eigenvalue weighted by Gasteiger charge is 2.27. The van der Waals surface area contributed by atoms with E-state index in [1.54, 1.807) is 18.3 Å². The fourth-order valence-electron chi connectivity index (χ4n) is 3.22. The average molecular weight is 368 g/mol. The van der Waals surface area contributed by atoms with Gasteiger partial charge < -0.3 is 20.7 Å². The van der Waals surface area contributed by atoms with E-state index in [0.29, 0.717) is 15.6 Å². The number of halogens is 2. The highest BCUT2D eigenvalue weighted by Crippen LogP contribution is 2.38. The number of H-pyrrole nitrogens is 1. The Hall–Kier alpha value is -1.69. The number of aromatic hydroxyl groups is 1. The molecule has 5 nitrogen and oxygen atoms in total. The maximum atomic E-state index is 11.4. The van der Waals surface area contributed by atoms with Gasteiger partial charge in [-0.15, -0.1) is 0 Å². The summed E-state index contributed by atoms with van der Waals surface area (Å²) in [6, 6.07) is 6.27. The second kappa shape index (κ2) is 7.05. The number of aromatic amines is 1. The minimum atomic E-state index is -0.305. The van der Waals surface area contributed by atoms with Crippen LogP contribution in [0.1, 0.15) is 24.4 Å². The first-order valence-corrected chi connectivity index (χ1v) is 8.58. The number of nitrogens with zero attached hydrogens (tertiary/aromatic N) is 1. The molecule has 1 fully saturated rings. The molecule has 0 amide bonds. The molecule has 1 saturated heterocycles. The van der Waals surface area contributed by atoms with Gasteiger partial charge >= 0.3 is 0 Å². The second-order valence-electron chi connectivity index (χ2n) is 6.09. The average Bonchev–Trinajstić information content (AvgIpc) is 2.58. The molecule has 0 saturated carbocycles.